The fourth-order valence-electron chi connectivity index (χ4n) is 3.04. The molecule has 1 aromatic rings. The zero-order chi connectivity index (χ0) is 16.1. The molecule has 1 saturated carbocycles. The lowest BCUT2D eigenvalue weighted by atomic mass is 9.86. The van der Waals surface area contributed by atoms with E-state index in [1.165, 1.54) is 5.56 Å². The highest BCUT2D eigenvalue weighted by atomic mass is 16.3. The number of rotatable bonds is 4. The van der Waals surface area contributed by atoms with Gasteiger partial charge in [0, 0.05) is 25.4 Å². The van der Waals surface area contributed by atoms with E-state index >= 15 is 0 Å². The summed E-state index contributed by atoms with van der Waals surface area (Å²) in [6.07, 6.45) is 3.95. The van der Waals surface area contributed by atoms with Crippen molar-refractivity contribution in [1.29, 1.82) is 0 Å². The quantitative estimate of drug-likeness (QED) is 0.888. The number of carbonyl (C=O) groups excluding carboxylic acids is 1. The Bertz CT molecular complexity index is 476. The largest absolute Gasteiger partial charge is 0.396 e. The minimum atomic E-state index is -0.0512. The second-order valence-corrected chi connectivity index (χ2v) is 6.67. The molecule has 0 saturated heterocycles. The molecule has 0 radical (unpaired) electrons. The summed E-state index contributed by atoms with van der Waals surface area (Å²) >= 11 is 0. The van der Waals surface area contributed by atoms with Gasteiger partial charge in [-0.25, -0.2) is 4.79 Å². The van der Waals surface area contributed by atoms with Gasteiger partial charge in [-0.05, 0) is 55.2 Å². The highest BCUT2D eigenvalue weighted by Crippen LogP contribution is 2.27. The maximum Gasteiger partial charge on any atom is 0.321 e. The predicted molar refractivity (Wildman–Crippen MR) is 90.1 cm³/mol. The van der Waals surface area contributed by atoms with Crippen LogP contribution in [-0.2, 0) is 0 Å². The third kappa shape index (κ3) is 4.23. The molecule has 1 aliphatic rings. The predicted octanol–water partition coefficient (Wildman–Crippen LogP) is 3.82. The molecule has 2 N–H and O–H groups in total. The summed E-state index contributed by atoms with van der Waals surface area (Å²) in [6, 6.07) is 8.27. The Morgan fingerprint density at radius 1 is 1.23 bits per heavy atom. The van der Waals surface area contributed by atoms with E-state index < -0.39 is 0 Å². The number of nitrogens with one attached hydrogen (secondary N) is 1. The number of aliphatic hydroxyl groups excluding tert-OH is 1. The van der Waals surface area contributed by atoms with Crippen molar-refractivity contribution in [3.8, 4) is 0 Å². The molecule has 2 rings (SSSR count). The highest BCUT2D eigenvalue weighted by molar-refractivity contribution is 5.89. The summed E-state index contributed by atoms with van der Waals surface area (Å²) in [5.41, 5.74) is 2.11. The Morgan fingerprint density at radius 3 is 2.32 bits per heavy atom. The molecule has 0 atom stereocenters. The van der Waals surface area contributed by atoms with Crippen molar-refractivity contribution in [2.45, 2.75) is 51.5 Å². The number of urea groups is 1. The van der Waals surface area contributed by atoms with Gasteiger partial charge in [0.25, 0.3) is 0 Å². The summed E-state index contributed by atoms with van der Waals surface area (Å²) in [5.74, 6) is 0.908. The van der Waals surface area contributed by atoms with Gasteiger partial charge in [0.15, 0.2) is 0 Å². The van der Waals surface area contributed by atoms with E-state index in [2.05, 4.69) is 31.3 Å². The molecule has 0 aromatic heterocycles. The van der Waals surface area contributed by atoms with Crippen LogP contribution in [-0.4, -0.2) is 35.7 Å². The van der Waals surface area contributed by atoms with Crippen molar-refractivity contribution in [3.05, 3.63) is 29.8 Å². The first-order chi connectivity index (χ1) is 10.5. The summed E-state index contributed by atoms with van der Waals surface area (Å²) in [5, 5.41) is 12.2. The lowest BCUT2D eigenvalue weighted by molar-refractivity contribution is 0.139. The van der Waals surface area contributed by atoms with Crippen LogP contribution in [0.25, 0.3) is 0 Å². The zero-order valence-corrected chi connectivity index (χ0v) is 13.9. The smallest absolute Gasteiger partial charge is 0.321 e. The molecule has 2 amide bonds. The first-order valence-corrected chi connectivity index (χ1v) is 8.26. The summed E-state index contributed by atoms with van der Waals surface area (Å²) < 4.78 is 0. The van der Waals surface area contributed by atoms with Gasteiger partial charge in [0.05, 0.1) is 0 Å². The molecule has 4 heteroatoms. The van der Waals surface area contributed by atoms with Crippen molar-refractivity contribution in [2.75, 3.05) is 19.0 Å². The van der Waals surface area contributed by atoms with Crippen LogP contribution in [0.4, 0.5) is 10.5 Å². The van der Waals surface area contributed by atoms with Crippen LogP contribution in [0.15, 0.2) is 24.3 Å². The second kappa shape index (κ2) is 7.63. The van der Waals surface area contributed by atoms with Gasteiger partial charge < -0.3 is 15.3 Å². The SMILES string of the molecule is CC(C)c1ccc(NC(=O)N(C)C2CCC(CO)CC2)cc1. The first kappa shape index (κ1) is 16.8. The van der Waals surface area contributed by atoms with E-state index in [9.17, 15) is 9.90 Å². The van der Waals surface area contributed by atoms with E-state index in [4.69, 9.17) is 0 Å². The monoisotopic (exact) mass is 304 g/mol. The average molecular weight is 304 g/mol. The number of benzene rings is 1. The van der Waals surface area contributed by atoms with Crippen LogP contribution in [0.1, 0.15) is 51.0 Å². The molecule has 122 valence electrons. The Hall–Kier alpha value is -1.55. The van der Waals surface area contributed by atoms with Crippen molar-refractivity contribution in [2.24, 2.45) is 5.92 Å². The van der Waals surface area contributed by atoms with Crippen LogP contribution >= 0.6 is 0 Å². The Balaban J connectivity index is 1.88. The number of anilines is 1. The summed E-state index contributed by atoms with van der Waals surface area (Å²) in [4.78, 5) is 14.2. The van der Waals surface area contributed by atoms with Gasteiger partial charge in [-0.1, -0.05) is 26.0 Å². The Kier molecular flexibility index (Phi) is 5.83. The van der Waals surface area contributed by atoms with E-state index in [0.717, 1.165) is 31.4 Å². The van der Waals surface area contributed by atoms with Gasteiger partial charge in [-0.3, -0.25) is 0 Å². The lowest BCUT2D eigenvalue weighted by Gasteiger charge is -2.34. The van der Waals surface area contributed by atoms with Gasteiger partial charge in [-0.15, -0.1) is 0 Å². The molecule has 22 heavy (non-hydrogen) atoms. The molecule has 0 heterocycles. The molecular weight excluding hydrogens is 276 g/mol. The third-order valence-electron chi connectivity index (χ3n) is 4.77. The van der Waals surface area contributed by atoms with Crippen LogP contribution in [0.5, 0.6) is 0 Å². The molecule has 1 aliphatic carbocycles. The van der Waals surface area contributed by atoms with E-state index in [-0.39, 0.29) is 18.7 Å². The second-order valence-electron chi connectivity index (χ2n) is 6.67. The molecule has 1 fully saturated rings. The number of hydrogen-bond acceptors (Lipinski definition) is 2. The number of nitrogens with zero attached hydrogens (tertiary/aromatic N) is 1. The average Bonchev–Trinajstić information content (AvgIpc) is 2.54. The van der Waals surface area contributed by atoms with E-state index in [0.29, 0.717) is 11.8 Å². The number of amides is 2. The molecule has 0 spiro atoms. The van der Waals surface area contributed by atoms with Crippen molar-refractivity contribution < 1.29 is 9.90 Å². The molecule has 4 nitrogen and oxygen atoms in total. The fraction of sp³-hybridized carbons (Fsp3) is 0.611. The van der Waals surface area contributed by atoms with Crippen LogP contribution < -0.4 is 5.32 Å². The topological polar surface area (TPSA) is 52.6 Å². The third-order valence-corrected chi connectivity index (χ3v) is 4.77. The summed E-state index contributed by atoms with van der Waals surface area (Å²) in [6.45, 7) is 4.58. The van der Waals surface area contributed by atoms with Gasteiger partial charge in [0.2, 0.25) is 0 Å². The zero-order valence-electron chi connectivity index (χ0n) is 13.9. The van der Waals surface area contributed by atoms with Crippen molar-refractivity contribution in [3.63, 3.8) is 0 Å². The number of aliphatic hydroxyl groups is 1. The molecule has 1 aromatic carbocycles. The van der Waals surface area contributed by atoms with Gasteiger partial charge in [-0.2, -0.15) is 0 Å². The molecule has 0 aliphatic heterocycles. The van der Waals surface area contributed by atoms with E-state index in [1.807, 2.05) is 24.1 Å². The van der Waals surface area contributed by atoms with E-state index in [1.54, 1.807) is 0 Å². The molecule has 0 unspecified atom stereocenters. The minimum absolute atomic E-state index is 0.0512. The Labute approximate surface area is 133 Å². The van der Waals surface area contributed by atoms with Crippen LogP contribution in [0.3, 0.4) is 0 Å². The number of carbonyl (C=O) groups is 1. The maximum atomic E-state index is 12.3. The number of hydrogen-bond donors (Lipinski definition) is 2. The van der Waals surface area contributed by atoms with Gasteiger partial charge in [0.1, 0.15) is 0 Å². The highest BCUT2D eigenvalue weighted by Gasteiger charge is 2.26. The van der Waals surface area contributed by atoms with Crippen LogP contribution in [0, 0.1) is 5.92 Å². The first-order valence-electron chi connectivity index (χ1n) is 8.26. The van der Waals surface area contributed by atoms with Gasteiger partial charge >= 0.3 is 6.03 Å². The Morgan fingerprint density at radius 2 is 1.82 bits per heavy atom. The lowest BCUT2D eigenvalue weighted by Crippen LogP contribution is -2.42. The fourth-order valence-corrected chi connectivity index (χ4v) is 3.04. The summed E-state index contributed by atoms with van der Waals surface area (Å²) in [7, 11) is 1.86. The maximum absolute atomic E-state index is 12.3. The van der Waals surface area contributed by atoms with Crippen molar-refractivity contribution >= 4 is 11.7 Å². The molecule has 0 bridgehead atoms. The minimum Gasteiger partial charge on any atom is -0.396 e. The standard InChI is InChI=1S/C18H28N2O2/c1-13(2)15-6-8-16(9-7-15)19-18(22)20(3)17-10-4-14(12-21)5-11-17/h6-9,13-14,17,21H,4-5,10-12H2,1-3H3,(H,19,22). The molecular formula is C18H28N2O2. The normalized spacial score (nSPS) is 21.7. The van der Waals surface area contributed by atoms with Crippen LogP contribution in [0.2, 0.25) is 0 Å². The van der Waals surface area contributed by atoms with Crippen molar-refractivity contribution in [1.82, 2.24) is 4.90 Å².